The molecule has 3 N–H and O–H groups in total. The summed E-state index contributed by atoms with van der Waals surface area (Å²) in [6, 6.07) is 10.9. The molecule has 0 fully saturated rings. The Balaban J connectivity index is 1.50. The first-order chi connectivity index (χ1) is 21.0. The standard InChI is InChI=1S/C32H30ClF2N5O3S/c1-17-4-3-5-27(40-13-11-20(15-28(40)42)29-24(34)9-8-23(33)30(29)35)26-14-19(10-12-36-26)22-7-6-21(16-25(22)39-31(17)43)38-32(44)37-18(2)41/h6-10,12,14-17,27H,3-5,11,13H2,1-2H3,(H,39,43)(H2,37,38,41,44)/t17-,27+/m1/s1. The van der Waals surface area contributed by atoms with Crippen molar-refractivity contribution < 1.29 is 23.2 Å². The summed E-state index contributed by atoms with van der Waals surface area (Å²) in [4.78, 5) is 44.4. The van der Waals surface area contributed by atoms with Crippen LogP contribution in [0.5, 0.6) is 0 Å². The van der Waals surface area contributed by atoms with E-state index in [2.05, 4.69) is 20.9 Å². The summed E-state index contributed by atoms with van der Waals surface area (Å²) in [5, 5.41) is 8.42. The van der Waals surface area contributed by atoms with E-state index in [1.165, 1.54) is 13.0 Å². The number of nitrogens with one attached hydrogen (secondary N) is 3. The van der Waals surface area contributed by atoms with Crippen LogP contribution in [-0.2, 0) is 14.4 Å². The van der Waals surface area contributed by atoms with Crippen LogP contribution in [0.3, 0.4) is 0 Å². The van der Waals surface area contributed by atoms with Crippen molar-refractivity contribution in [3.63, 3.8) is 0 Å². The second-order valence-corrected chi connectivity index (χ2v) is 11.7. The van der Waals surface area contributed by atoms with Crippen LogP contribution < -0.4 is 16.0 Å². The van der Waals surface area contributed by atoms with Gasteiger partial charge < -0.3 is 20.9 Å². The number of pyridine rings is 1. The van der Waals surface area contributed by atoms with Gasteiger partial charge in [0, 0.05) is 42.9 Å². The molecule has 2 aromatic carbocycles. The Morgan fingerprint density at radius 3 is 2.68 bits per heavy atom. The third-order valence-electron chi connectivity index (χ3n) is 7.76. The molecule has 8 nitrogen and oxygen atoms in total. The third-order valence-corrected chi connectivity index (χ3v) is 8.26. The maximum Gasteiger partial charge on any atom is 0.247 e. The van der Waals surface area contributed by atoms with Crippen molar-refractivity contribution in [2.75, 3.05) is 17.2 Å². The molecule has 5 rings (SSSR count). The predicted molar refractivity (Wildman–Crippen MR) is 170 cm³/mol. The molecule has 0 aliphatic carbocycles. The molecule has 2 aliphatic rings. The Morgan fingerprint density at radius 1 is 1.14 bits per heavy atom. The van der Waals surface area contributed by atoms with E-state index in [1.54, 1.807) is 23.2 Å². The van der Waals surface area contributed by atoms with Crippen LogP contribution in [0.4, 0.5) is 20.2 Å². The van der Waals surface area contributed by atoms with E-state index in [4.69, 9.17) is 23.8 Å². The van der Waals surface area contributed by atoms with Crippen molar-refractivity contribution in [1.82, 2.24) is 15.2 Å². The fourth-order valence-corrected chi connectivity index (χ4v) is 5.97. The quantitative estimate of drug-likeness (QED) is 0.220. The molecule has 1 aromatic heterocycles. The fourth-order valence-electron chi connectivity index (χ4n) is 5.55. The van der Waals surface area contributed by atoms with E-state index in [-0.39, 0.29) is 57.9 Å². The number of nitrogens with zero attached hydrogens (tertiary/aromatic N) is 2. The summed E-state index contributed by atoms with van der Waals surface area (Å²) >= 11 is 11.1. The van der Waals surface area contributed by atoms with Gasteiger partial charge in [-0.15, -0.1) is 0 Å². The van der Waals surface area contributed by atoms with E-state index >= 15 is 0 Å². The zero-order valence-corrected chi connectivity index (χ0v) is 25.6. The molecule has 0 saturated carbocycles. The smallest absolute Gasteiger partial charge is 0.247 e. The van der Waals surface area contributed by atoms with Crippen molar-refractivity contribution in [3.8, 4) is 11.1 Å². The van der Waals surface area contributed by atoms with Crippen molar-refractivity contribution in [3.05, 3.63) is 82.7 Å². The summed E-state index contributed by atoms with van der Waals surface area (Å²) in [6.07, 6.45) is 4.88. The summed E-state index contributed by atoms with van der Waals surface area (Å²) in [7, 11) is 0. The zero-order chi connectivity index (χ0) is 31.5. The highest BCUT2D eigenvalue weighted by molar-refractivity contribution is 7.80. The maximum absolute atomic E-state index is 14.7. The van der Waals surface area contributed by atoms with Crippen molar-refractivity contribution >= 4 is 63.6 Å². The van der Waals surface area contributed by atoms with Gasteiger partial charge in [-0.2, -0.15) is 0 Å². The lowest BCUT2D eigenvalue weighted by Crippen LogP contribution is -2.38. The molecule has 2 atom stereocenters. The molecule has 3 heterocycles. The van der Waals surface area contributed by atoms with Gasteiger partial charge in [0.05, 0.1) is 28.0 Å². The zero-order valence-electron chi connectivity index (χ0n) is 24.0. The first-order valence-electron chi connectivity index (χ1n) is 14.2. The number of anilines is 2. The topological polar surface area (TPSA) is 103 Å². The average molecular weight is 638 g/mol. The van der Waals surface area contributed by atoms with Crippen molar-refractivity contribution in [1.29, 1.82) is 0 Å². The maximum atomic E-state index is 14.7. The van der Waals surface area contributed by atoms with Gasteiger partial charge in [0.15, 0.2) is 10.9 Å². The highest BCUT2D eigenvalue weighted by Crippen LogP contribution is 2.38. The first-order valence-corrected chi connectivity index (χ1v) is 14.9. The molecule has 228 valence electrons. The van der Waals surface area contributed by atoms with Gasteiger partial charge in [0.25, 0.3) is 0 Å². The number of carbonyl (C=O) groups is 3. The number of aromatic nitrogens is 1. The first kappa shape index (κ1) is 31.2. The number of rotatable bonds is 3. The fraction of sp³-hybridized carbons (Fsp3) is 0.281. The molecule has 0 unspecified atom stereocenters. The lowest BCUT2D eigenvalue weighted by Gasteiger charge is -2.34. The van der Waals surface area contributed by atoms with Crippen LogP contribution >= 0.6 is 23.8 Å². The number of halogens is 3. The molecule has 3 aromatic rings. The van der Waals surface area contributed by atoms with E-state index in [0.29, 0.717) is 36.3 Å². The van der Waals surface area contributed by atoms with Gasteiger partial charge in [-0.05, 0) is 79.0 Å². The number of benzene rings is 2. The average Bonchev–Trinajstić information content (AvgIpc) is 2.97. The summed E-state index contributed by atoms with van der Waals surface area (Å²) in [6.45, 7) is 3.42. The van der Waals surface area contributed by atoms with Crippen LogP contribution in [0.15, 0.2) is 54.7 Å². The lowest BCUT2D eigenvalue weighted by atomic mass is 9.92. The normalized spacial score (nSPS) is 18.7. The van der Waals surface area contributed by atoms with Gasteiger partial charge in [-0.25, -0.2) is 8.78 Å². The van der Waals surface area contributed by atoms with Crippen LogP contribution in [0.25, 0.3) is 16.7 Å². The molecular weight excluding hydrogens is 608 g/mol. The molecule has 44 heavy (non-hydrogen) atoms. The number of thiocarbonyl (C=S) groups is 1. The molecule has 0 spiro atoms. The molecule has 0 radical (unpaired) electrons. The molecular formula is C32H30ClF2N5O3S. The highest BCUT2D eigenvalue weighted by Gasteiger charge is 2.31. The minimum Gasteiger partial charge on any atom is -0.332 e. The van der Waals surface area contributed by atoms with Gasteiger partial charge in [-0.1, -0.05) is 31.0 Å². The Hall–Kier alpha value is -4.22. The van der Waals surface area contributed by atoms with Crippen LogP contribution in [0.1, 0.15) is 56.8 Å². The summed E-state index contributed by atoms with van der Waals surface area (Å²) in [5.74, 6) is -2.85. The highest BCUT2D eigenvalue weighted by atomic mass is 35.5. The Labute approximate surface area is 263 Å². The van der Waals surface area contributed by atoms with Gasteiger partial charge in [0.1, 0.15) is 5.82 Å². The number of hydrogen-bond donors (Lipinski definition) is 3. The largest absolute Gasteiger partial charge is 0.332 e. The van der Waals surface area contributed by atoms with Crippen LogP contribution in [0, 0.1) is 17.6 Å². The van der Waals surface area contributed by atoms with E-state index in [9.17, 15) is 23.2 Å². The van der Waals surface area contributed by atoms with E-state index < -0.39 is 17.7 Å². The van der Waals surface area contributed by atoms with E-state index in [0.717, 1.165) is 23.3 Å². The van der Waals surface area contributed by atoms with Crippen LogP contribution in [-0.4, -0.2) is 39.3 Å². The molecule has 12 heteroatoms. The number of fused-ring (bicyclic) bond motifs is 4. The SMILES string of the molecule is CC(=O)NC(=S)Nc1ccc2c(c1)NC(=O)[C@H](C)CCC[C@H](N1CCC(c3c(F)ccc(Cl)c3F)=CC1=O)c1cc-2ccn1. The minimum absolute atomic E-state index is 0.128. The monoisotopic (exact) mass is 637 g/mol. The minimum atomic E-state index is -0.888. The van der Waals surface area contributed by atoms with Crippen molar-refractivity contribution in [2.45, 2.75) is 45.6 Å². The lowest BCUT2D eigenvalue weighted by molar-refractivity contribution is -0.129. The number of amides is 3. The number of carbonyl (C=O) groups excluding carboxylic acids is 3. The molecule has 2 aliphatic heterocycles. The molecule has 2 bridgehead atoms. The second kappa shape index (κ2) is 13.2. The third kappa shape index (κ3) is 6.79. The Bertz CT molecular complexity index is 1700. The molecule has 3 amide bonds. The van der Waals surface area contributed by atoms with Gasteiger partial charge in [0.2, 0.25) is 17.7 Å². The predicted octanol–water partition coefficient (Wildman–Crippen LogP) is 6.63. The summed E-state index contributed by atoms with van der Waals surface area (Å²) < 4.78 is 29.3. The van der Waals surface area contributed by atoms with Crippen molar-refractivity contribution in [2.24, 2.45) is 5.92 Å². The Morgan fingerprint density at radius 2 is 1.93 bits per heavy atom. The second-order valence-electron chi connectivity index (χ2n) is 10.9. The van der Waals surface area contributed by atoms with Gasteiger partial charge >= 0.3 is 0 Å². The van der Waals surface area contributed by atoms with Gasteiger partial charge in [-0.3, -0.25) is 19.4 Å². The van der Waals surface area contributed by atoms with E-state index in [1.807, 2.05) is 25.1 Å². The Kier molecular flexibility index (Phi) is 9.36. The van der Waals surface area contributed by atoms with Crippen LogP contribution in [0.2, 0.25) is 5.02 Å². The molecule has 0 saturated heterocycles. The number of hydrogen-bond acceptors (Lipinski definition) is 5. The summed E-state index contributed by atoms with van der Waals surface area (Å²) in [5.41, 5.74) is 3.23.